The van der Waals surface area contributed by atoms with Gasteiger partial charge >= 0.3 is 0 Å². The van der Waals surface area contributed by atoms with Gasteiger partial charge in [-0.25, -0.2) is 4.98 Å². The Labute approximate surface area is 196 Å². The first-order valence-electron chi connectivity index (χ1n) is 10.2. The summed E-state index contributed by atoms with van der Waals surface area (Å²) in [6, 6.07) is 15.0. The molecule has 0 atom stereocenters. The lowest BCUT2D eigenvalue weighted by atomic mass is 10.2. The number of nitrogens with one attached hydrogen (secondary N) is 2. The molecular formula is C24H23ClN4O2S. The summed E-state index contributed by atoms with van der Waals surface area (Å²) in [5.74, 6) is -0.290. The van der Waals surface area contributed by atoms with E-state index in [1.807, 2.05) is 30.0 Å². The molecule has 1 saturated heterocycles. The van der Waals surface area contributed by atoms with Crippen molar-refractivity contribution in [3.8, 4) is 0 Å². The van der Waals surface area contributed by atoms with Crippen LogP contribution >= 0.6 is 23.4 Å². The molecule has 8 heteroatoms. The molecule has 2 aromatic carbocycles. The summed E-state index contributed by atoms with van der Waals surface area (Å²) >= 11 is 7.94. The zero-order chi connectivity index (χ0) is 22.7. The van der Waals surface area contributed by atoms with Gasteiger partial charge in [0.2, 0.25) is 5.91 Å². The minimum absolute atomic E-state index is 0.0323. The van der Waals surface area contributed by atoms with E-state index in [1.54, 1.807) is 30.5 Å². The Morgan fingerprint density at radius 2 is 2.03 bits per heavy atom. The van der Waals surface area contributed by atoms with Gasteiger partial charge < -0.3 is 15.5 Å². The van der Waals surface area contributed by atoms with Gasteiger partial charge in [-0.3, -0.25) is 9.59 Å². The maximum atomic E-state index is 13.0. The first kappa shape index (κ1) is 22.2. The topological polar surface area (TPSA) is 74.3 Å². The van der Waals surface area contributed by atoms with E-state index >= 15 is 0 Å². The molecule has 3 aromatic rings. The first-order valence-corrected chi connectivity index (χ1v) is 11.4. The number of nitrogens with zero attached hydrogens (tertiary/aromatic N) is 2. The second-order valence-electron chi connectivity index (χ2n) is 7.62. The summed E-state index contributed by atoms with van der Waals surface area (Å²) in [7, 11) is 0. The molecule has 1 aliphatic rings. The Bertz CT molecular complexity index is 1180. The molecule has 1 fully saturated rings. The van der Waals surface area contributed by atoms with E-state index in [1.165, 1.54) is 17.3 Å². The van der Waals surface area contributed by atoms with Gasteiger partial charge in [0.1, 0.15) is 5.03 Å². The molecule has 0 aliphatic carbocycles. The van der Waals surface area contributed by atoms with Crippen LogP contribution in [0.4, 0.5) is 11.4 Å². The van der Waals surface area contributed by atoms with Crippen LogP contribution in [0, 0.1) is 13.8 Å². The summed E-state index contributed by atoms with van der Waals surface area (Å²) in [5, 5.41) is 6.83. The summed E-state index contributed by atoms with van der Waals surface area (Å²) in [6.07, 6.45) is 1.68. The van der Waals surface area contributed by atoms with Crippen LogP contribution in [0.2, 0.25) is 5.02 Å². The van der Waals surface area contributed by atoms with Gasteiger partial charge in [-0.1, -0.05) is 41.1 Å². The van der Waals surface area contributed by atoms with Crippen molar-refractivity contribution in [2.45, 2.75) is 23.8 Å². The van der Waals surface area contributed by atoms with Crippen molar-refractivity contribution in [2.24, 2.45) is 0 Å². The van der Waals surface area contributed by atoms with Crippen LogP contribution in [0.5, 0.6) is 0 Å². The Morgan fingerprint density at radius 3 is 2.78 bits per heavy atom. The van der Waals surface area contributed by atoms with E-state index in [2.05, 4.69) is 28.6 Å². The molecule has 6 nitrogen and oxygen atoms in total. The largest absolute Gasteiger partial charge is 0.359 e. The van der Waals surface area contributed by atoms with E-state index < -0.39 is 0 Å². The van der Waals surface area contributed by atoms with Crippen molar-refractivity contribution in [1.82, 2.24) is 10.3 Å². The molecule has 2 N–H and O–H groups in total. The molecule has 0 radical (unpaired) electrons. The number of pyridine rings is 1. The Kier molecular flexibility index (Phi) is 6.67. The average Bonchev–Trinajstić information content (AvgIpc) is 2.76. The van der Waals surface area contributed by atoms with Crippen molar-refractivity contribution in [1.29, 1.82) is 0 Å². The summed E-state index contributed by atoms with van der Waals surface area (Å²) < 4.78 is 0. The highest BCUT2D eigenvalue weighted by atomic mass is 35.5. The monoisotopic (exact) mass is 466 g/mol. The second kappa shape index (κ2) is 9.63. The number of amides is 2. The minimum Gasteiger partial charge on any atom is -0.359 e. The number of piperazine rings is 1. The van der Waals surface area contributed by atoms with Crippen LogP contribution in [0.1, 0.15) is 21.5 Å². The Hall–Kier alpha value is -3.03. The predicted octanol–water partition coefficient (Wildman–Crippen LogP) is 4.69. The van der Waals surface area contributed by atoms with E-state index in [0.717, 1.165) is 16.1 Å². The maximum Gasteiger partial charge on any atom is 0.258 e. The molecule has 2 amide bonds. The van der Waals surface area contributed by atoms with Gasteiger partial charge in [-0.2, -0.15) is 0 Å². The molecule has 0 bridgehead atoms. The Morgan fingerprint density at radius 1 is 1.19 bits per heavy atom. The van der Waals surface area contributed by atoms with E-state index in [-0.39, 0.29) is 18.4 Å². The molecule has 1 aliphatic heterocycles. The highest BCUT2D eigenvalue weighted by molar-refractivity contribution is 7.99. The van der Waals surface area contributed by atoms with Crippen molar-refractivity contribution >= 4 is 46.6 Å². The highest BCUT2D eigenvalue weighted by Crippen LogP contribution is 2.33. The minimum atomic E-state index is -0.258. The van der Waals surface area contributed by atoms with Gasteiger partial charge in [0.05, 0.1) is 22.8 Å². The number of hydrogen-bond donors (Lipinski definition) is 2. The molecule has 1 aromatic heterocycles. The van der Waals surface area contributed by atoms with Crippen LogP contribution in [0.25, 0.3) is 0 Å². The number of carbonyl (C=O) groups is 2. The number of benzene rings is 2. The van der Waals surface area contributed by atoms with Crippen LogP contribution in [0.15, 0.2) is 64.6 Å². The molecule has 0 spiro atoms. The van der Waals surface area contributed by atoms with Gasteiger partial charge in [0, 0.05) is 29.9 Å². The lowest BCUT2D eigenvalue weighted by molar-refractivity contribution is -0.120. The normalized spacial score (nSPS) is 13.6. The van der Waals surface area contributed by atoms with Crippen LogP contribution in [-0.2, 0) is 4.79 Å². The van der Waals surface area contributed by atoms with E-state index in [0.29, 0.717) is 34.4 Å². The number of anilines is 2. The maximum absolute atomic E-state index is 13.0. The number of aromatic nitrogens is 1. The van der Waals surface area contributed by atoms with Crippen molar-refractivity contribution < 1.29 is 9.59 Å². The number of aryl methyl sites for hydroxylation is 2. The fraction of sp³-hybridized carbons (Fsp3) is 0.208. The summed E-state index contributed by atoms with van der Waals surface area (Å²) in [5.41, 5.74) is 4.17. The number of hydrogen-bond acceptors (Lipinski definition) is 5. The van der Waals surface area contributed by atoms with Gasteiger partial charge in [-0.05, 0) is 55.8 Å². The molecule has 4 rings (SSSR count). The quantitative estimate of drug-likeness (QED) is 0.570. The third kappa shape index (κ3) is 5.06. The van der Waals surface area contributed by atoms with Crippen molar-refractivity contribution in [2.75, 3.05) is 29.9 Å². The number of carbonyl (C=O) groups excluding carboxylic acids is 2. The van der Waals surface area contributed by atoms with E-state index in [4.69, 9.17) is 11.6 Å². The van der Waals surface area contributed by atoms with Crippen molar-refractivity contribution in [3.63, 3.8) is 0 Å². The summed E-state index contributed by atoms with van der Waals surface area (Å²) in [4.78, 5) is 32.1. The van der Waals surface area contributed by atoms with Crippen molar-refractivity contribution in [3.05, 3.63) is 76.4 Å². The first-order chi connectivity index (χ1) is 15.4. The fourth-order valence-corrected chi connectivity index (χ4v) is 4.80. The lowest BCUT2D eigenvalue weighted by Crippen LogP contribution is -2.47. The number of rotatable bonds is 5. The molecule has 164 valence electrons. The van der Waals surface area contributed by atoms with Gasteiger partial charge in [-0.15, -0.1) is 0 Å². The van der Waals surface area contributed by atoms with Gasteiger partial charge in [0.15, 0.2) is 0 Å². The summed E-state index contributed by atoms with van der Waals surface area (Å²) in [6.45, 7) is 5.63. The lowest BCUT2D eigenvalue weighted by Gasteiger charge is -2.29. The fourth-order valence-electron chi connectivity index (χ4n) is 3.55. The van der Waals surface area contributed by atoms with Crippen LogP contribution in [-0.4, -0.2) is 36.4 Å². The highest BCUT2D eigenvalue weighted by Gasteiger charge is 2.20. The second-order valence-corrected chi connectivity index (χ2v) is 9.06. The molecule has 2 heterocycles. The average molecular weight is 467 g/mol. The number of halogens is 1. The SMILES string of the molecule is Cc1ccc(Sc2ncccc2C(=O)Nc2ccc(N3CCNC(=O)C3)c(Cl)c2)c(C)c1. The molecule has 0 saturated carbocycles. The van der Waals surface area contributed by atoms with Gasteiger partial charge in [0.25, 0.3) is 5.91 Å². The smallest absolute Gasteiger partial charge is 0.258 e. The van der Waals surface area contributed by atoms with E-state index in [9.17, 15) is 9.59 Å². The zero-order valence-corrected chi connectivity index (χ0v) is 19.4. The zero-order valence-electron chi connectivity index (χ0n) is 17.8. The molecule has 0 unspecified atom stereocenters. The standard InChI is InChI=1S/C24H23ClN4O2S/c1-15-5-8-21(16(2)12-15)32-24-18(4-3-9-27-24)23(31)28-17-6-7-20(19(25)13-17)29-11-10-26-22(30)14-29/h3-9,12-13H,10-11,14H2,1-2H3,(H,26,30)(H,28,31). The molecular weight excluding hydrogens is 444 g/mol. The van der Waals surface area contributed by atoms with Crippen LogP contribution < -0.4 is 15.5 Å². The third-order valence-corrected chi connectivity index (χ3v) is 6.64. The molecule has 32 heavy (non-hydrogen) atoms. The predicted molar refractivity (Wildman–Crippen MR) is 129 cm³/mol. The third-order valence-electron chi connectivity index (χ3n) is 5.14. The Balaban J connectivity index is 1.52. The van der Waals surface area contributed by atoms with Crippen LogP contribution in [0.3, 0.4) is 0 Å².